The maximum atomic E-state index is 5.89. The fourth-order valence-electron chi connectivity index (χ4n) is 2.41. The third-order valence-electron chi connectivity index (χ3n) is 3.77. The van der Waals surface area contributed by atoms with Gasteiger partial charge in [-0.2, -0.15) is 0 Å². The van der Waals surface area contributed by atoms with E-state index in [2.05, 4.69) is 25.7 Å². The highest BCUT2D eigenvalue weighted by molar-refractivity contribution is 4.96. The van der Waals surface area contributed by atoms with Crippen molar-refractivity contribution in [2.24, 2.45) is 17.6 Å². The molecule has 14 heavy (non-hydrogen) atoms. The molecule has 0 aromatic rings. The molecular weight excluding hydrogens is 172 g/mol. The second-order valence-corrected chi connectivity index (χ2v) is 4.85. The molecule has 0 aromatic carbocycles. The Morgan fingerprint density at radius 1 is 1.50 bits per heavy atom. The van der Waals surface area contributed by atoms with Crippen molar-refractivity contribution in [2.45, 2.75) is 38.6 Å². The topological polar surface area (TPSA) is 38.0 Å². The van der Waals surface area contributed by atoms with E-state index in [0.717, 1.165) is 24.9 Å². The van der Waals surface area contributed by atoms with Crippen LogP contribution in [0.4, 0.5) is 0 Å². The molecule has 1 rings (SSSR count). The van der Waals surface area contributed by atoms with Crippen LogP contribution in [0, 0.1) is 11.8 Å². The molecule has 1 fully saturated rings. The molecule has 0 aromatic heterocycles. The fourth-order valence-corrected chi connectivity index (χ4v) is 2.41. The highest BCUT2D eigenvalue weighted by Gasteiger charge is 2.35. The van der Waals surface area contributed by atoms with E-state index < -0.39 is 0 Å². The molecule has 3 N–H and O–H groups in total. The fraction of sp³-hybridized carbons (Fsp3) is 0.833. The van der Waals surface area contributed by atoms with Crippen LogP contribution in [0.5, 0.6) is 0 Å². The van der Waals surface area contributed by atoms with E-state index in [9.17, 15) is 0 Å². The summed E-state index contributed by atoms with van der Waals surface area (Å²) in [6.45, 7) is 10.0. The third-order valence-corrected chi connectivity index (χ3v) is 3.77. The van der Waals surface area contributed by atoms with Crippen LogP contribution in [-0.4, -0.2) is 18.6 Å². The van der Waals surface area contributed by atoms with Crippen LogP contribution in [-0.2, 0) is 0 Å². The van der Waals surface area contributed by atoms with Gasteiger partial charge in [0.15, 0.2) is 0 Å². The second kappa shape index (κ2) is 4.94. The number of hydrogen-bond donors (Lipinski definition) is 2. The van der Waals surface area contributed by atoms with Crippen LogP contribution in [0.1, 0.15) is 33.1 Å². The summed E-state index contributed by atoms with van der Waals surface area (Å²) in [5, 5.41) is 3.54. The van der Waals surface area contributed by atoms with Gasteiger partial charge in [-0.3, -0.25) is 0 Å². The molecule has 1 aliphatic rings. The minimum atomic E-state index is 0.181. The SMILES string of the molecule is C=CCNC1(CN)CCC(C)C(C)C1. The van der Waals surface area contributed by atoms with E-state index in [1.165, 1.54) is 19.3 Å². The second-order valence-electron chi connectivity index (χ2n) is 4.85. The van der Waals surface area contributed by atoms with Crippen molar-refractivity contribution >= 4 is 0 Å². The third kappa shape index (κ3) is 2.58. The average molecular weight is 196 g/mol. The van der Waals surface area contributed by atoms with E-state index in [1.807, 2.05) is 6.08 Å². The minimum absolute atomic E-state index is 0.181. The summed E-state index contributed by atoms with van der Waals surface area (Å²) in [5.74, 6) is 1.63. The zero-order chi connectivity index (χ0) is 10.6. The van der Waals surface area contributed by atoms with E-state index in [1.54, 1.807) is 0 Å². The van der Waals surface area contributed by atoms with Crippen LogP contribution in [0.15, 0.2) is 12.7 Å². The summed E-state index contributed by atoms with van der Waals surface area (Å²) < 4.78 is 0. The van der Waals surface area contributed by atoms with Crippen molar-refractivity contribution in [1.29, 1.82) is 0 Å². The molecule has 3 unspecified atom stereocenters. The van der Waals surface area contributed by atoms with Gasteiger partial charge in [-0.05, 0) is 31.1 Å². The lowest BCUT2D eigenvalue weighted by Crippen LogP contribution is -2.54. The van der Waals surface area contributed by atoms with Crippen LogP contribution >= 0.6 is 0 Å². The lowest BCUT2D eigenvalue weighted by molar-refractivity contribution is 0.150. The molecule has 0 spiro atoms. The van der Waals surface area contributed by atoms with Gasteiger partial charge >= 0.3 is 0 Å². The molecular formula is C12H24N2. The van der Waals surface area contributed by atoms with Gasteiger partial charge in [0.1, 0.15) is 0 Å². The van der Waals surface area contributed by atoms with Crippen molar-refractivity contribution in [2.75, 3.05) is 13.1 Å². The lowest BCUT2D eigenvalue weighted by Gasteiger charge is -2.43. The van der Waals surface area contributed by atoms with Gasteiger partial charge in [0.05, 0.1) is 0 Å². The predicted molar refractivity (Wildman–Crippen MR) is 62.2 cm³/mol. The molecule has 0 bridgehead atoms. The Morgan fingerprint density at radius 3 is 2.71 bits per heavy atom. The normalized spacial score (nSPS) is 38.2. The van der Waals surface area contributed by atoms with E-state index >= 15 is 0 Å². The zero-order valence-electron chi connectivity index (χ0n) is 9.55. The quantitative estimate of drug-likeness (QED) is 0.674. The van der Waals surface area contributed by atoms with Crippen LogP contribution < -0.4 is 11.1 Å². The lowest BCUT2D eigenvalue weighted by atomic mass is 9.71. The number of nitrogens with two attached hydrogens (primary N) is 1. The van der Waals surface area contributed by atoms with Crippen LogP contribution in [0.2, 0.25) is 0 Å². The van der Waals surface area contributed by atoms with Gasteiger partial charge in [0.2, 0.25) is 0 Å². The van der Waals surface area contributed by atoms with Crippen LogP contribution in [0.3, 0.4) is 0 Å². The summed E-state index contributed by atoms with van der Waals surface area (Å²) in [5.41, 5.74) is 6.07. The Balaban J connectivity index is 2.56. The smallest absolute Gasteiger partial charge is 0.0309 e. The molecule has 2 heteroatoms. The van der Waals surface area contributed by atoms with Crippen molar-refractivity contribution in [3.05, 3.63) is 12.7 Å². The van der Waals surface area contributed by atoms with Crippen molar-refractivity contribution in [3.63, 3.8) is 0 Å². The minimum Gasteiger partial charge on any atom is -0.329 e. The molecule has 0 radical (unpaired) electrons. The zero-order valence-corrected chi connectivity index (χ0v) is 9.55. The summed E-state index contributed by atoms with van der Waals surface area (Å²) >= 11 is 0. The maximum Gasteiger partial charge on any atom is 0.0309 e. The molecule has 0 saturated heterocycles. The number of nitrogens with one attached hydrogen (secondary N) is 1. The summed E-state index contributed by atoms with van der Waals surface area (Å²) in [6.07, 6.45) is 5.63. The molecule has 1 saturated carbocycles. The van der Waals surface area contributed by atoms with E-state index in [-0.39, 0.29) is 5.54 Å². The Hall–Kier alpha value is -0.340. The first-order valence-electron chi connectivity index (χ1n) is 5.69. The van der Waals surface area contributed by atoms with Crippen LogP contribution in [0.25, 0.3) is 0 Å². The average Bonchev–Trinajstić information content (AvgIpc) is 2.20. The largest absolute Gasteiger partial charge is 0.329 e. The maximum absolute atomic E-state index is 5.89. The van der Waals surface area contributed by atoms with Gasteiger partial charge in [-0.1, -0.05) is 19.9 Å². The van der Waals surface area contributed by atoms with Crippen molar-refractivity contribution < 1.29 is 0 Å². The first-order chi connectivity index (χ1) is 6.63. The first kappa shape index (κ1) is 11.7. The Kier molecular flexibility index (Phi) is 4.14. The summed E-state index contributed by atoms with van der Waals surface area (Å²) in [6, 6.07) is 0. The van der Waals surface area contributed by atoms with Crippen molar-refractivity contribution in [3.8, 4) is 0 Å². The van der Waals surface area contributed by atoms with Gasteiger partial charge in [0.25, 0.3) is 0 Å². The Bertz CT molecular complexity index is 191. The predicted octanol–water partition coefficient (Wildman–Crippen LogP) is 1.92. The molecule has 2 nitrogen and oxygen atoms in total. The van der Waals surface area contributed by atoms with Gasteiger partial charge in [-0.25, -0.2) is 0 Å². The highest BCUT2D eigenvalue weighted by atomic mass is 15.0. The number of rotatable bonds is 4. The molecule has 0 amide bonds. The van der Waals surface area contributed by atoms with E-state index in [0.29, 0.717) is 0 Å². The van der Waals surface area contributed by atoms with Gasteiger partial charge < -0.3 is 11.1 Å². The molecule has 1 aliphatic carbocycles. The highest BCUT2D eigenvalue weighted by Crippen LogP contribution is 2.35. The summed E-state index contributed by atoms with van der Waals surface area (Å²) in [7, 11) is 0. The number of hydrogen-bond acceptors (Lipinski definition) is 2. The van der Waals surface area contributed by atoms with Gasteiger partial charge in [-0.15, -0.1) is 6.58 Å². The Labute approximate surface area is 87.9 Å². The van der Waals surface area contributed by atoms with Gasteiger partial charge in [0, 0.05) is 18.6 Å². The standard InChI is InChI=1S/C12H24N2/c1-4-7-14-12(9-13)6-5-10(2)11(3)8-12/h4,10-11,14H,1,5-9,13H2,2-3H3. The molecule has 3 atom stereocenters. The van der Waals surface area contributed by atoms with Crippen molar-refractivity contribution in [1.82, 2.24) is 5.32 Å². The monoisotopic (exact) mass is 196 g/mol. The Morgan fingerprint density at radius 2 is 2.21 bits per heavy atom. The summed E-state index contributed by atoms with van der Waals surface area (Å²) in [4.78, 5) is 0. The molecule has 0 aliphatic heterocycles. The first-order valence-corrected chi connectivity index (χ1v) is 5.69. The molecule has 0 heterocycles. The molecule has 82 valence electrons. The van der Waals surface area contributed by atoms with E-state index in [4.69, 9.17) is 5.73 Å².